The minimum atomic E-state index is -3.44. The van der Waals surface area contributed by atoms with Gasteiger partial charge in [0.1, 0.15) is 0 Å². The summed E-state index contributed by atoms with van der Waals surface area (Å²) in [7, 11) is -3.44. The molecular formula is C18H19Cl2NO3S. The van der Waals surface area contributed by atoms with Gasteiger partial charge in [-0.1, -0.05) is 43.1 Å². The zero-order valence-corrected chi connectivity index (χ0v) is 16.5. The Morgan fingerprint density at radius 1 is 1.04 bits per heavy atom. The highest BCUT2D eigenvalue weighted by Crippen LogP contribution is 2.31. The number of nitrogens with one attached hydrogen (secondary N) is 1. The second-order valence-electron chi connectivity index (χ2n) is 5.64. The fourth-order valence-electron chi connectivity index (χ4n) is 2.56. The molecule has 4 nitrogen and oxygen atoms in total. The molecule has 1 amide bonds. The molecule has 134 valence electrons. The van der Waals surface area contributed by atoms with Gasteiger partial charge >= 0.3 is 0 Å². The number of sulfone groups is 1. The van der Waals surface area contributed by atoms with E-state index in [-0.39, 0.29) is 15.5 Å². The van der Waals surface area contributed by atoms with Crippen molar-refractivity contribution >= 4 is 44.6 Å². The van der Waals surface area contributed by atoms with Crippen molar-refractivity contribution in [3.63, 3.8) is 0 Å². The lowest BCUT2D eigenvalue weighted by Gasteiger charge is -2.16. The Morgan fingerprint density at radius 3 is 2.24 bits per heavy atom. The largest absolute Gasteiger partial charge is 0.321 e. The van der Waals surface area contributed by atoms with E-state index in [1.807, 2.05) is 26.0 Å². The van der Waals surface area contributed by atoms with Crippen molar-refractivity contribution < 1.29 is 13.2 Å². The van der Waals surface area contributed by atoms with Gasteiger partial charge in [-0.25, -0.2) is 8.42 Å². The van der Waals surface area contributed by atoms with Gasteiger partial charge in [0.15, 0.2) is 9.84 Å². The van der Waals surface area contributed by atoms with E-state index in [4.69, 9.17) is 23.2 Å². The molecule has 0 fully saturated rings. The van der Waals surface area contributed by atoms with E-state index < -0.39 is 15.7 Å². The van der Waals surface area contributed by atoms with Crippen LogP contribution < -0.4 is 5.32 Å². The SMILES string of the molecule is CCc1ccc(Cl)c(CC)c1NC(=O)c1cc(S(C)(=O)=O)ccc1Cl. The van der Waals surface area contributed by atoms with Crippen molar-refractivity contribution in [3.8, 4) is 0 Å². The minimum Gasteiger partial charge on any atom is -0.321 e. The van der Waals surface area contributed by atoms with Gasteiger partial charge in [-0.05, 0) is 48.2 Å². The van der Waals surface area contributed by atoms with E-state index >= 15 is 0 Å². The highest BCUT2D eigenvalue weighted by molar-refractivity contribution is 7.90. The summed E-state index contributed by atoms with van der Waals surface area (Å²) < 4.78 is 23.5. The molecule has 0 saturated heterocycles. The second kappa shape index (κ2) is 7.77. The van der Waals surface area contributed by atoms with Gasteiger partial charge in [-0.15, -0.1) is 0 Å². The number of benzene rings is 2. The molecule has 0 heterocycles. The second-order valence-corrected chi connectivity index (χ2v) is 8.47. The Balaban J connectivity index is 2.50. The average molecular weight is 400 g/mol. The molecule has 0 aliphatic rings. The lowest BCUT2D eigenvalue weighted by Crippen LogP contribution is -2.16. The predicted molar refractivity (Wildman–Crippen MR) is 103 cm³/mol. The summed E-state index contributed by atoms with van der Waals surface area (Å²) >= 11 is 12.4. The van der Waals surface area contributed by atoms with Crippen LogP contribution in [0, 0.1) is 0 Å². The number of hydrogen-bond donors (Lipinski definition) is 1. The molecule has 0 spiro atoms. The van der Waals surface area contributed by atoms with Crippen molar-refractivity contribution in [2.45, 2.75) is 31.6 Å². The molecule has 25 heavy (non-hydrogen) atoms. The number of hydrogen-bond acceptors (Lipinski definition) is 3. The third-order valence-electron chi connectivity index (χ3n) is 3.93. The van der Waals surface area contributed by atoms with Crippen LogP contribution in [0.2, 0.25) is 10.0 Å². The third-order valence-corrected chi connectivity index (χ3v) is 5.72. The summed E-state index contributed by atoms with van der Waals surface area (Å²) in [6.45, 7) is 3.93. The summed E-state index contributed by atoms with van der Waals surface area (Å²) in [5.74, 6) is -0.470. The summed E-state index contributed by atoms with van der Waals surface area (Å²) in [5.41, 5.74) is 2.55. The Bertz CT molecular complexity index is 924. The quantitative estimate of drug-likeness (QED) is 0.786. The van der Waals surface area contributed by atoms with Crippen molar-refractivity contribution in [1.29, 1.82) is 0 Å². The fourth-order valence-corrected chi connectivity index (χ4v) is 3.70. The van der Waals surface area contributed by atoms with E-state index in [1.165, 1.54) is 18.2 Å². The van der Waals surface area contributed by atoms with Gasteiger partial charge in [0.05, 0.1) is 15.5 Å². The van der Waals surface area contributed by atoms with Crippen molar-refractivity contribution in [2.75, 3.05) is 11.6 Å². The first-order valence-electron chi connectivity index (χ1n) is 7.80. The smallest absolute Gasteiger partial charge is 0.257 e. The molecule has 0 aliphatic carbocycles. The van der Waals surface area contributed by atoms with Crippen LogP contribution in [0.5, 0.6) is 0 Å². The number of carbonyl (C=O) groups excluding carboxylic acids is 1. The first-order valence-corrected chi connectivity index (χ1v) is 10.4. The molecule has 0 bridgehead atoms. The topological polar surface area (TPSA) is 63.2 Å². The normalized spacial score (nSPS) is 11.4. The average Bonchev–Trinajstić information content (AvgIpc) is 2.54. The van der Waals surface area contributed by atoms with Gasteiger partial charge < -0.3 is 5.32 Å². The molecule has 7 heteroatoms. The van der Waals surface area contributed by atoms with E-state index in [1.54, 1.807) is 0 Å². The van der Waals surface area contributed by atoms with E-state index in [0.717, 1.165) is 23.8 Å². The zero-order chi connectivity index (χ0) is 18.8. The first-order chi connectivity index (χ1) is 11.7. The van der Waals surface area contributed by atoms with Gasteiger partial charge in [0.2, 0.25) is 0 Å². The van der Waals surface area contributed by atoms with Crippen LogP contribution in [-0.4, -0.2) is 20.6 Å². The molecule has 0 aliphatic heterocycles. The molecule has 0 unspecified atom stereocenters. The molecule has 2 rings (SSSR count). The fraction of sp³-hybridized carbons (Fsp3) is 0.278. The van der Waals surface area contributed by atoms with Gasteiger partial charge in [0, 0.05) is 17.0 Å². The maximum atomic E-state index is 12.7. The monoisotopic (exact) mass is 399 g/mol. The summed E-state index contributed by atoms with van der Waals surface area (Å²) in [6, 6.07) is 7.75. The predicted octanol–water partition coefficient (Wildman–Crippen LogP) is 4.77. The maximum absolute atomic E-state index is 12.7. The minimum absolute atomic E-state index is 0.0413. The van der Waals surface area contributed by atoms with E-state index in [2.05, 4.69) is 5.32 Å². The molecule has 2 aromatic carbocycles. The number of rotatable bonds is 5. The molecule has 0 saturated carbocycles. The Hall–Kier alpha value is -1.56. The lowest BCUT2D eigenvalue weighted by molar-refractivity contribution is 0.102. The Kier molecular flexibility index (Phi) is 6.14. The van der Waals surface area contributed by atoms with E-state index in [0.29, 0.717) is 17.1 Å². The molecule has 1 N–H and O–H groups in total. The van der Waals surface area contributed by atoms with Crippen LogP contribution in [0.1, 0.15) is 35.3 Å². The first kappa shape index (κ1) is 19.8. The maximum Gasteiger partial charge on any atom is 0.257 e. The molecule has 0 aromatic heterocycles. The van der Waals surface area contributed by atoms with Crippen LogP contribution >= 0.6 is 23.2 Å². The number of carbonyl (C=O) groups is 1. The van der Waals surface area contributed by atoms with Crippen LogP contribution in [0.4, 0.5) is 5.69 Å². The molecular weight excluding hydrogens is 381 g/mol. The number of aryl methyl sites for hydroxylation is 1. The molecule has 2 aromatic rings. The standard InChI is InChI=1S/C18H19Cl2NO3S/c1-4-11-6-8-15(19)13(5-2)17(11)21-18(22)14-10-12(25(3,23)24)7-9-16(14)20/h6-10H,4-5H2,1-3H3,(H,21,22). The lowest BCUT2D eigenvalue weighted by atomic mass is 10.0. The Morgan fingerprint density at radius 2 is 1.68 bits per heavy atom. The van der Waals surface area contributed by atoms with Crippen LogP contribution in [0.25, 0.3) is 0 Å². The van der Waals surface area contributed by atoms with Crippen LogP contribution in [-0.2, 0) is 22.7 Å². The number of halogens is 2. The van der Waals surface area contributed by atoms with Crippen LogP contribution in [0.15, 0.2) is 35.2 Å². The summed E-state index contributed by atoms with van der Waals surface area (Å²) in [6.07, 6.45) is 2.45. The number of anilines is 1. The number of amides is 1. The summed E-state index contributed by atoms with van der Waals surface area (Å²) in [4.78, 5) is 12.8. The van der Waals surface area contributed by atoms with Gasteiger partial charge in [-0.2, -0.15) is 0 Å². The van der Waals surface area contributed by atoms with Crippen LogP contribution in [0.3, 0.4) is 0 Å². The van der Waals surface area contributed by atoms with E-state index in [9.17, 15) is 13.2 Å². The van der Waals surface area contributed by atoms with Crippen molar-refractivity contribution in [2.24, 2.45) is 0 Å². The third kappa shape index (κ3) is 4.35. The summed E-state index contributed by atoms with van der Waals surface area (Å²) in [5, 5.41) is 3.61. The Labute approximate surface area is 158 Å². The van der Waals surface area contributed by atoms with Gasteiger partial charge in [0.25, 0.3) is 5.91 Å². The highest BCUT2D eigenvalue weighted by Gasteiger charge is 2.18. The zero-order valence-electron chi connectivity index (χ0n) is 14.2. The van der Waals surface area contributed by atoms with Gasteiger partial charge in [-0.3, -0.25) is 4.79 Å². The highest BCUT2D eigenvalue weighted by atomic mass is 35.5. The van der Waals surface area contributed by atoms with Crippen molar-refractivity contribution in [3.05, 3.63) is 57.1 Å². The molecule has 0 radical (unpaired) electrons. The van der Waals surface area contributed by atoms with Crippen molar-refractivity contribution in [1.82, 2.24) is 0 Å². The molecule has 0 atom stereocenters.